The Balaban J connectivity index is 2.29. The quantitative estimate of drug-likeness (QED) is 0.696. The summed E-state index contributed by atoms with van der Waals surface area (Å²) in [6.07, 6.45) is 2.24. The van der Waals surface area contributed by atoms with Crippen molar-refractivity contribution >= 4 is 45.8 Å². The van der Waals surface area contributed by atoms with Crippen molar-refractivity contribution < 1.29 is 14.7 Å². The van der Waals surface area contributed by atoms with E-state index in [0.29, 0.717) is 12.0 Å². The van der Waals surface area contributed by atoms with Crippen molar-refractivity contribution in [1.29, 1.82) is 0 Å². The molecule has 0 bridgehead atoms. The van der Waals surface area contributed by atoms with E-state index in [2.05, 4.69) is 27.9 Å². The van der Waals surface area contributed by atoms with Gasteiger partial charge in [0, 0.05) is 11.4 Å². The van der Waals surface area contributed by atoms with Gasteiger partial charge in [-0.15, -0.1) is 11.3 Å². The first-order valence-corrected chi connectivity index (χ1v) is 8.13. The van der Waals surface area contributed by atoms with Gasteiger partial charge in [-0.3, -0.25) is 9.59 Å². The number of aliphatic carboxylic acids is 1. The molecule has 1 heterocycles. The minimum atomic E-state index is -0.760. The summed E-state index contributed by atoms with van der Waals surface area (Å²) < 4.78 is 1.09. The molecule has 2 N–H and O–H groups in total. The highest BCUT2D eigenvalue weighted by Crippen LogP contribution is 2.17. The van der Waals surface area contributed by atoms with Crippen molar-refractivity contribution in [2.45, 2.75) is 39.2 Å². The van der Waals surface area contributed by atoms with Gasteiger partial charge in [-0.25, -0.2) is 0 Å². The maximum atomic E-state index is 11.9. The molecule has 1 aromatic rings. The number of carbonyl (C=O) groups excluding carboxylic acids is 1. The summed E-state index contributed by atoms with van der Waals surface area (Å²) in [4.78, 5) is 22.5. The van der Waals surface area contributed by atoms with Gasteiger partial charge >= 0.3 is 5.97 Å². The van der Waals surface area contributed by atoms with Gasteiger partial charge in [-0.2, -0.15) is 0 Å². The summed E-state index contributed by atoms with van der Waals surface area (Å²) in [5.74, 6) is -1.14. The van der Waals surface area contributed by atoms with Gasteiger partial charge in [0.1, 0.15) is 0 Å². The van der Waals surface area contributed by atoms with Crippen LogP contribution in [0, 0.1) is 8.80 Å². The van der Waals surface area contributed by atoms with Gasteiger partial charge in [0.25, 0.3) is 5.91 Å². The third kappa shape index (κ3) is 5.90. The molecule has 0 aliphatic heterocycles. The number of carbonyl (C=O) groups is 2. The number of nitrogens with one attached hydrogen (secondary N) is 1. The van der Waals surface area contributed by atoms with Crippen molar-refractivity contribution in [1.82, 2.24) is 5.32 Å². The number of rotatable bonds is 7. The van der Waals surface area contributed by atoms with Crippen LogP contribution >= 0.6 is 33.9 Å². The van der Waals surface area contributed by atoms with Crippen LogP contribution in [0.4, 0.5) is 0 Å². The zero-order valence-corrected chi connectivity index (χ0v) is 14.0. The van der Waals surface area contributed by atoms with Gasteiger partial charge in [0.2, 0.25) is 0 Å². The highest BCUT2D eigenvalue weighted by atomic mass is 127. The van der Waals surface area contributed by atoms with E-state index < -0.39 is 5.97 Å². The molecule has 19 heavy (non-hydrogen) atoms. The van der Waals surface area contributed by atoms with Gasteiger partial charge in [-0.1, -0.05) is 13.3 Å². The maximum Gasteiger partial charge on any atom is 0.306 e. The van der Waals surface area contributed by atoms with Crippen LogP contribution in [0.15, 0.2) is 11.4 Å². The molecule has 0 aliphatic rings. The second kappa shape index (κ2) is 7.84. The first kappa shape index (κ1) is 16.4. The van der Waals surface area contributed by atoms with E-state index in [9.17, 15) is 9.59 Å². The zero-order valence-electron chi connectivity index (χ0n) is 11.0. The van der Waals surface area contributed by atoms with Gasteiger partial charge in [0.05, 0.1) is 14.4 Å². The molecule has 106 valence electrons. The molecular formula is C13H18INO3S. The van der Waals surface area contributed by atoms with Crippen molar-refractivity contribution in [3.8, 4) is 0 Å². The number of hydrogen-bond donors (Lipinski definition) is 2. The summed E-state index contributed by atoms with van der Waals surface area (Å²) >= 11 is 3.73. The molecule has 0 spiro atoms. The van der Waals surface area contributed by atoms with E-state index in [-0.39, 0.29) is 17.9 Å². The lowest BCUT2D eigenvalue weighted by atomic mass is 10.0. The minimum absolute atomic E-state index is 0.0575. The van der Waals surface area contributed by atoms with E-state index in [1.165, 1.54) is 0 Å². The fourth-order valence-corrected chi connectivity index (χ4v) is 2.99. The zero-order chi connectivity index (χ0) is 14.4. The van der Waals surface area contributed by atoms with E-state index >= 15 is 0 Å². The highest BCUT2D eigenvalue weighted by molar-refractivity contribution is 14.1. The largest absolute Gasteiger partial charge is 0.481 e. The first-order chi connectivity index (χ1) is 8.90. The van der Waals surface area contributed by atoms with Crippen molar-refractivity contribution in [2.75, 3.05) is 0 Å². The Morgan fingerprint density at radius 1 is 1.42 bits per heavy atom. The Kier molecular flexibility index (Phi) is 6.78. The standard InChI is InChI=1S/C13H18INO3S/c1-8(13(17)18)4-3-5-9(2)15-12(16)10-6-11(14)19-7-10/h6-9H,3-5H2,1-2H3,(H,15,16)(H,17,18). The minimum Gasteiger partial charge on any atom is -0.481 e. The topological polar surface area (TPSA) is 66.4 Å². The predicted octanol–water partition coefficient (Wildman–Crippen LogP) is 3.36. The Bertz CT molecular complexity index is 447. The maximum absolute atomic E-state index is 11.9. The SMILES string of the molecule is CC(CCCC(C)C(=O)O)NC(=O)c1csc(I)c1. The molecule has 6 heteroatoms. The summed E-state index contributed by atoms with van der Waals surface area (Å²) in [7, 11) is 0. The molecule has 4 nitrogen and oxygen atoms in total. The molecule has 0 saturated heterocycles. The monoisotopic (exact) mass is 395 g/mol. The summed E-state index contributed by atoms with van der Waals surface area (Å²) in [5.41, 5.74) is 0.695. The molecule has 0 aliphatic carbocycles. The first-order valence-electron chi connectivity index (χ1n) is 6.18. The molecule has 0 fully saturated rings. The highest BCUT2D eigenvalue weighted by Gasteiger charge is 2.13. The van der Waals surface area contributed by atoms with Gasteiger partial charge in [0.15, 0.2) is 0 Å². The Morgan fingerprint density at radius 2 is 2.11 bits per heavy atom. The Labute approximate surface area is 130 Å². The molecule has 0 aromatic carbocycles. The summed E-state index contributed by atoms with van der Waals surface area (Å²) in [6.45, 7) is 3.65. The molecule has 0 radical (unpaired) electrons. The number of halogens is 1. The van der Waals surface area contributed by atoms with E-state index in [1.54, 1.807) is 18.3 Å². The molecule has 1 rings (SSSR count). The molecule has 2 unspecified atom stereocenters. The number of hydrogen-bond acceptors (Lipinski definition) is 3. The Hall–Kier alpha value is -0.630. The third-order valence-electron chi connectivity index (χ3n) is 2.90. The van der Waals surface area contributed by atoms with E-state index in [4.69, 9.17) is 5.11 Å². The third-order valence-corrected chi connectivity index (χ3v) is 4.69. The van der Waals surface area contributed by atoms with Crippen molar-refractivity contribution in [3.63, 3.8) is 0 Å². The van der Waals surface area contributed by atoms with Gasteiger partial charge < -0.3 is 10.4 Å². The van der Waals surface area contributed by atoms with Crippen molar-refractivity contribution in [3.05, 3.63) is 19.9 Å². The second-order valence-corrected chi connectivity index (χ2v) is 7.49. The summed E-state index contributed by atoms with van der Waals surface area (Å²) in [5, 5.41) is 13.5. The van der Waals surface area contributed by atoms with Crippen LogP contribution in [0.25, 0.3) is 0 Å². The van der Waals surface area contributed by atoms with Crippen LogP contribution in [0.5, 0.6) is 0 Å². The molecule has 1 amide bonds. The smallest absolute Gasteiger partial charge is 0.306 e. The van der Waals surface area contributed by atoms with Crippen LogP contribution < -0.4 is 5.32 Å². The number of carboxylic acid groups (broad SMARTS) is 1. The second-order valence-electron chi connectivity index (χ2n) is 4.68. The Morgan fingerprint density at radius 3 is 2.63 bits per heavy atom. The van der Waals surface area contributed by atoms with E-state index in [1.807, 2.05) is 18.4 Å². The predicted molar refractivity (Wildman–Crippen MR) is 84.6 cm³/mol. The average molecular weight is 395 g/mol. The summed E-state index contributed by atoms with van der Waals surface area (Å²) in [6, 6.07) is 1.92. The molecule has 0 saturated carbocycles. The fraction of sp³-hybridized carbons (Fsp3) is 0.538. The van der Waals surface area contributed by atoms with Crippen LogP contribution in [0.2, 0.25) is 0 Å². The molecule has 1 aromatic heterocycles. The lowest BCUT2D eigenvalue weighted by Gasteiger charge is -2.14. The normalized spacial score (nSPS) is 13.8. The average Bonchev–Trinajstić information content (AvgIpc) is 2.75. The van der Waals surface area contributed by atoms with Crippen LogP contribution in [0.3, 0.4) is 0 Å². The number of amides is 1. The molecule has 2 atom stereocenters. The molecular weight excluding hydrogens is 377 g/mol. The number of carboxylic acids is 1. The van der Waals surface area contributed by atoms with Crippen LogP contribution in [-0.4, -0.2) is 23.0 Å². The number of thiophene rings is 1. The lowest BCUT2D eigenvalue weighted by Crippen LogP contribution is -2.32. The fourth-order valence-electron chi connectivity index (χ4n) is 1.66. The van der Waals surface area contributed by atoms with Crippen molar-refractivity contribution in [2.24, 2.45) is 5.92 Å². The van der Waals surface area contributed by atoms with Gasteiger partial charge in [-0.05, 0) is 48.4 Å². The lowest BCUT2D eigenvalue weighted by molar-refractivity contribution is -0.141. The van der Waals surface area contributed by atoms with Crippen LogP contribution in [0.1, 0.15) is 43.5 Å². The van der Waals surface area contributed by atoms with Crippen LogP contribution in [-0.2, 0) is 4.79 Å². The van der Waals surface area contributed by atoms with E-state index in [0.717, 1.165) is 15.7 Å².